The van der Waals surface area contributed by atoms with E-state index in [0.29, 0.717) is 0 Å². The first-order valence-electron chi connectivity index (χ1n) is 6.18. The number of nitro benzene ring substituents is 1. The van der Waals surface area contributed by atoms with Gasteiger partial charge < -0.3 is 0 Å². The molecule has 2 N–H and O–H groups in total. The molecule has 0 atom stereocenters. The molecule has 2 amide bonds. The summed E-state index contributed by atoms with van der Waals surface area (Å²) in [4.78, 5) is 33.6. The lowest BCUT2D eigenvalue weighted by molar-refractivity contribution is -0.384. The molecular weight excluding hydrogens is 329 g/mol. The Morgan fingerprint density at radius 1 is 1.09 bits per heavy atom. The number of non-ortho nitro benzene ring substituents is 1. The number of carbonyl (C=O) groups is 2. The third kappa shape index (κ3) is 4.01. The number of nitro groups is 1. The van der Waals surface area contributed by atoms with Crippen LogP contribution in [0, 0.1) is 15.9 Å². The smallest absolute Gasteiger partial charge is 0.267 e. The molecule has 0 spiro atoms. The third-order valence-electron chi connectivity index (χ3n) is 2.78. The molecular formula is C14H9ClFN3O4. The largest absolute Gasteiger partial charge is 0.272 e. The summed E-state index contributed by atoms with van der Waals surface area (Å²) in [6, 6.07) is 8.36. The average molecular weight is 338 g/mol. The fourth-order valence-corrected chi connectivity index (χ4v) is 1.85. The molecule has 7 nitrogen and oxygen atoms in total. The summed E-state index contributed by atoms with van der Waals surface area (Å²) >= 11 is 5.57. The van der Waals surface area contributed by atoms with Crippen LogP contribution in [0.3, 0.4) is 0 Å². The summed E-state index contributed by atoms with van der Waals surface area (Å²) in [5.74, 6) is -2.52. The molecule has 0 aliphatic carbocycles. The summed E-state index contributed by atoms with van der Waals surface area (Å²) in [5.41, 5.74) is 3.45. The second-order valence-corrected chi connectivity index (χ2v) is 4.78. The molecule has 0 aliphatic heterocycles. The van der Waals surface area contributed by atoms with E-state index in [4.69, 9.17) is 11.6 Å². The highest BCUT2D eigenvalue weighted by atomic mass is 35.5. The number of halogens is 2. The minimum Gasteiger partial charge on any atom is -0.267 e. The molecule has 2 rings (SSSR count). The SMILES string of the molecule is O=C(NNC(=O)c1ccc(Cl)cc1F)c1cccc([N+](=O)[O-])c1. The number of nitrogens with zero attached hydrogens (tertiary/aromatic N) is 1. The molecule has 0 fully saturated rings. The highest BCUT2D eigenvalue weighted by Crippen LogP contribution is 2.15. The van der Waals surface area contributed by atoms with Crippen molar-refractivity contribution in [2.24, 2.45) is 0 Å². The van der Waals surface area contributed by atoms with Gasteiger partial charge in [-0.05, 0) is 24.3 Å². The first-order chi connectivity index (χ1) is 10.9. The van der Waals surface area contributed by atoms with Crippen molar-refractivity contribution in [2.75, 3.05) is 0 Å². The number of hydrogen-bond donors (Lipinski definition) is 2. The lowest BCUT2D eigenvalue weighted by Gasteiger charge is -2.08. The Kier molecular flexibility index (Phi) is 4.87. The van der Waals surface area contributed by atoms with Crippen LogP contribution in [0.2, 0.25) is 5.02 Å². The molecule has 23 heavy (non-hydrogen) atoms. The number of hydrogen-bond acceptors (Lipinski definition) is 4. The Balaban J connectivity index is 2.05. The molecule has 118 valence electrons. The van der Waals surface area contributed by atoms with Crippen LogP contribution < -0.4 is 10.9 Å². The Morgan fingerprint density at radius 2 is 1.78 bits per heavy atom. The second kappa shape index (κ2) is 6.84. The molecule has 0 aliphatic rings. The zero-order valence-electron chi connectivity index (χ0n) is 11.4. The maximum atomic E-state index is 13.6. The van der Waals surface area contributed by atoms with Crippen LogP contribution in [0.5, 0.6) is 0 Å². The Bertz CT molecular complexity index is 797. The highest BCUT2D eigenvalue weighted by molar-refractivity contribution is 6.30. The maximum Gasteiger partial charge on any atom is 0.272 e. The molecule has 0 heterocycles. The van der Waals surface area contributed by atoms with Gasteiger partial charge in [0, 0.05) is 22.7 Å². The molecule has 0 aromatic heterocycles. The first kappa shape index (κ1) is 16.4. The molecule has 9 heteroatoms. The molecule has 0 radical (unpaired) electrons. The average Bonchev–Trinajstić information content (AvgIpc) is 2.52. The summed E-state index contributed by atoms with van der Waals surface area (Å²) in [5, 5.41) is 10.8. The fraction of sp³-hybridized carbons (Fsp3) is 0. The molecule has 0 unspecified atom stereocenters. The number of hydrazine groups is 1. The van der Waals surface area contributed by atoms with Crippen LogP contribution >= 0.6 is 11.6 Å². The number of rotatable bonds is 3. The van der Waals surface area contributed by atoms with Gasteiger partial charge in [-0.1, -0.05) is 17.7 Å². The molecule has 2 aromatic rings. The van der Waals surface area contributed by atoms with Crippen molar-refractivity contribution in [1.29, 1.82) is 0 Å². The number of benzene rings is 2. The fourth-order valence-electron chi connectivity index (χ4n) is 1.69. The van der Waals surface area contributed by atoms with Crippen LogP contribution in [-0.4, -0.2) is 16.7 Å². The topological polar surface area (TPSA) is 101 Å². The Labute approximate surface area is 134 Å². The van der Waals surface area contributed by atoms with Crippen LogP contribution in [-0.2, 0) is 0 Å². The van der Waals surface area contributed by atoms with Gasteiger partial charge >= 0.3 is 0 Å². The van der Waals surface area contributed by atoms with E-state index in [1.165, 1.54) is 24.3 Å². The summed E-state index contributed by atoms with van der Waals surface area (Å²) < 4.78 is 13.6. The molecule has 0 saturated heterocycles. The Morgan fingerprint density at radius 3 is 2.43 bits per heavy atom. The monoisotopic (exact) mass is 337 g/mol. The van der Waals surface area contributed by atoms with Gasteiger partial charge in [-0.2, -0.15) is 0 Å². The zero-order chi connectivity index (χ0) is 17.0. The first-order valence-corrected chi connectivity index (χ1v) is 6.56. The summed E-state index contributed by atoms with van der Waals surface area (Å²) in [7, 11) is 0. The van der Waals surface area contributed by atoms with E-state index in [1.54, 1.807) is 0 Å². The predicted molar refractivity (Wildman–Crippen MR) is 79.4 cm³/mol. The van der Waals surface area contributed by atoms with Crippen molar-refractivity contribution in [3.8, 4) is 0 Å². The molecule has 0 bridgehead atoms. The van der Waals surface area contributed by atoms with Crippen LogP contribution in [0.4, 0.5) is 10.1 Å². The number of amides is 2. The van der Waals surface area contributed by atoms with E-state index in [9.17, 15) is 24.1 Å². The number of carbonyl (C=O) groups excluding carboxylic acids is 2. The zero-order valence-corrected chi connectivity index (χ0v) is 12.1. The van der Waals surface area contributed by atoms with Crippen molar-refractivity contribution >= 4 is 29.1 Å². The van der Waals surface area contributed by atoms with Crippen molar-refractivity contribution in [2.45, 2.75) is 0 Å². The van der Waals surface area contributed by atoms with E-state index in [0.717, 1.165) is 18.2 Å². The van der Waals surface area contributed by atoms with Crippen LogP contribution in [0.15, 0.2) is 42.5 Å². The second-order valence-electron chi connectivity index (χ2n) is 4.34. The Hall–Kier alpha value is -3.00. The van der Waals surface area contributed by atoms with E-state index in [2.05, 4.69) is 0 Å². The van der Waals surface area contributed by atoms with Gasteiger partial charge in [0.05, 0.1) is 10.5 Å². The summed E-state index contributed by atoms with van der Waals surface area (Å²) in [6.07, 6.45) is 0. The van der Waals surface area contributed by atoms with Crippen molar-refractivity contribution < 1.29 is 18.9 Å². The minimum atomic E-state index is -0.891. The van der Waals surface area contributed by atoms with Gasteiger partial charge in [0.25, 0.3) is 17.5 Å². The highest BCUT2D eigenvalue weighted by Gasteiger charge is 2.15. The van der Waals surface area contributed by atoms with Crippen molar-refractivity contribution in [3.63, 3.8) is 0 Å². The summed E-state index contributed by atoms with van der Waals surface area (Å²) in [6.45, 7) is 0. The van der Waals surface area contributed by atoms with E-state index in [1.807, 2.05) is 10.9 Å². The minimum absolute atomic E-state index is 0.0314. The van der Waals surface area contributed by atoms with Gasteiger partial charge in [-0.25, -0.2) is 4.39 Å². The van der Waals surface area contributed by atoms with Crippen LogP contribution in [0.1, 0.15) is 20.7 Å². The van der Waals surface area contributed by atoms with E-state index < -0.39 is 22.6 Å². The van der Waals surface area contributed by atoms with E-state index >= 15 is 0 Å². The maximum absolute atomic E-state index is 13.6. The third-order valence-corrected chi connectivity index (χ3v) is 3.02. The quantitative estimate of drug-likeness (QED) is 0.663. The van der Waals surface area contributed by atoms with Gasteiger partial charge in [0.1, 0.15) is 5.82 Å². The van der Waals surface area contributed by atoms with Gasteiger partial charge in [-0.3, -0.25) is 30.6 Å². The van der Waals surface area contributed by atoms with Crippen molar-refractivity contribution in [1.82, 2.24) is 10.9 Å². The predicted octanol–water partition coefficient (Wildman–Crippen LogP) is 2.46. The lowest BCUT2D eigenvalue weighted by Crippen LogP contribution is -2.41. The lowest BCUT2D eigenvalue weighted by atomic mass is 10.2. The van der Waals surface area contributed by atoms with Crippen molar-refractivity contribution in [3.05, 3.63) is 74.5 Å². The molecule has 0 saturated carbocycles. The normalized spacial score (nSPS) is 10.0. The van der Waals surface area contributed by atoms with Crippen LogP contribution in [0.25, 0.3) is 0 Å². The standard InChI is InChI=1S/C14H9ClFN3O4/c15-9-4-5-11(12(16)7-9)14(21)18-17-13(20)8-2-1-3-10(6-8)19(22)23/h1-7H,(H,17,20)(H,18,21). The van der Waals surface area contributed by atoms with Gasteiger partial charge in [0.15, 0.2) is 0 Å². The number of nitrogens with one attached hydrogen (secondary N) is 2. The molecule has 2 aromatic carbocycles. The van der Waals surface area contributed by atoms with Gasteiger partial charge in [-0.15, -0.1) is 0 Å². The van der Waals surface area contributed by atoms with E-state index in [-0.39, 0.29) is 21.8 Å². The van der Waals surface area contributed by atoms with Gasteiger partial charge in [0.2, 0.25) is 0 Å².